The maximum Gasteiger partial charge on any atom is 0.251 e. The van der Waals surface area contributed by atoms with E-state index in [1.54, 1.807) is 0 Å². The third-order valence-corrected chi connectivity index (χ3v) is 6.61. The number of amides is 4. The molecule has 2 aromatic carbocycles. The van der Waals surface area contributed by atoms with Gasteiger partial charge >= 0.3 is 0 Å². The van der Waals surface area contributed by atoms with Crippen LogP contribution in [-0.2, 0) is 19.2 Å². The van der Waals surface area contributed by atoms with Crippen molar-refractivity contribution in [3.05, 3.63) is 60.2 Å². The Morgan fingerprint density at radius 1 is 0.618 bits per heavy atom. The number of halogens is 2. The van der Waals surface area contributed by atoms with E-state index in [0.29, 0.717) is 26.2 Å². The zero-order chi connectivity index (χ0) is 24.0. The van der Waals surface area contributed by atoms with Crippen LogP contribution in [-0.4, -0.2) is 71.7 Å². The number of benzene rings is 2. The molecule has 0 bridgehead atoms. The van der Waals surface area contributed by atoms with Crippen LogP contribution in [0, 0.1) is 11.6 Å². The molecule has 3 saturated heterocycles. The highest BCUT2D eigenvalue weighted by Crippen LogP contribution is 2.29. The van der Waals surface area contributed by atoms with Crippen LogP contribution in [0.25, 0.3) is 0 Å². The summed E-state index contributed by atoms with van der Waals surface area (Å²) < 4.78 is 27.2. The van der Waals surface area contributed by atoms with Crippen LogP contribution in [0.4, 0.5) is 20.2 Å². The number of carbonyl (C=O) groups excluding carboxylic acids is 4. The average molecular weight is 468 g/mol. The van der Waals surface area contributed by atoms with Gasteiger partial charge in [0.05, 0.1) is 36.3 Å². The van der Waals surface area contributed by atoms with Gasteiger partial charge in [0, 0.05) is 26.2 Å². The summed E-state index contributed by atoms with van der Waals surface area (Å²) in [6.45, 7) is 1.72. The quantitative estimate of drug-likeness (QED) is 0.634. The molecule has 3 fully saturated rings. The molecule has 2 aromatic rings. The number of carbonyl (C=O) groups is 4. The highest BCUT2D eigenvalue weighted by atomic mass is 19.1. The Hall–Kier alpha value is -3.50. The molecule has 0 aliphatic carbocycles. The molecule has 5 rings (SSSR count). The van der Waals surface area contributed by atoms with Crippen LogP contribution >= 0.6 is 0 Å². The van der Waals surface area contributed by atoms with Crippen LogP contribution in [0.5, 0.6) is 0 Å². The monoisotopic (exact) mass is 468 g/mol. The first-order chi connectivity index (χ1) is 16.3. The molecule has 3 heterocycles. The first kappa shape index (κ1) is 22.3. The second kappa shape index (κ2) is 8.69. The zero-order valence-corrected chi connectivity index (χ0v) is 18.2. The van der Waals surface area contributed by atoms with Crippen molar-refractivity contribution in [1.29, 1.82) is 0 Å². The molecule has 0 N–H and O–H groups in total. The summed E-state index contributed by atoms with van der Waals surface area (Å²) in [6.07, 6.45) is 0.00703. The smallest absolute Gasteiger partial charge is 0.251 e. The number of piperazine rings is 1. The molecule has 3 aliphatic rings. The Morgan fingerprint density at radius 3 is 1.35 bits per heavy atom. The summed E-state index contributed by atoms with van der Waals surface area (Å²) in [5.41, 5.74) is 0.423. The molecule has 10 heteroatoms. The number of hydrogen-bond acceptors (Lipinski definition) is 6. The van der Waals surface area contributed by atoms with Gasteiger partial charge in [0.2, 0.25) is 11.8 Å². The lowest BCUT2D eigenvalue weighted by molar-refractivity contribution is -0.126. The standard InChI is InChI=1S/C24H22F2N4O4/c25-15-3-1-5-17(11-15)29-21(31)13-19(23(29)33)27-7-9-28(10-8-27)20-14-22(32)30(24(20)34)18-6-2-4-16(26)12-18/h1-6,11-12,19-20H,7-10,13-14H2. The summed E-state index contributed by atoms with van der Waals surface area (Å²) in [5, 5.41) is 0. The van der Waals surface area contributed by atoms with Gasteiger partial charge < -0.3 is 0 Å². The molecule has 0 radical (unpaired) electrons. The van der Waals surface area contributed by atoms with E-state index in [9.17, 15) is 28.0 Å². The first-order valence-corrected chi connectivity index (χ1v) is 11.1. The van der Waals surface area contributed by atoms with Gasteiger partial charge in [-0.3, -0.25) is 29.0 Å². The molecule has 34 heavy (non-hydrogen) atoms. The van der Waals surface area contributed by atoms with E-state index in [2.05, 4.69) is 0 Å². The fourth-order valence-electron chi connectivity index (χ4n) is 4.94. The lowest BCUT2D eigenvalue weighted by atomic mass is 10.1. The molecule has 4 amide bonds. The Bertz CT molecular complexity index is 1090. The molecule has 176 valence electrons. The van der Waals surface area contributed by atoms with Crippen molar-refractivity contribution in [2.75, 3.05) is 36.0 Å². The van der Waals surface area contributed by atoms with Gasteiger partial charge in [0.25, 0.3) is 11.8 Å². The summed E-state index contributed by atoms with van der Waals surface area (Å²) in [4.78, 5) is 56.8. The number of hydrogen-bond donors (Lipinski definition) is 0. The molecule has 3 aliphatic heterocycles. The maximum absolute atomic E-state index is 13.6. The molecule has 2 atom stereocenters. The van der Waals surface area contributed by atoms with Gasteiger partial charge in [-0.15, -0.1) is 0 Å². The van der Waals surface area contributed by atoms with Crippen LogP contribution in [0.3, 0.4) is 0 Å². The fourth-order valence-corrected chi connectivity index (χ4v) is 4.94. The van der Waals surface area contributed by atoms with E-state index < -0.39 is 35.5 Å². The SMILES string of the molecule is O=C1CC(N2CCN(C3CC(=O)N(c4cccc(F)c4)C3=O)CC2)C(=O)N1c1cccc(F)c1. The maximum atomic E-state index is 13.6. The second-order valence-electron chi connectivity index (χ2n) is 8.61. The number of rotatable bonds is 4. The van der Waals surface area contributed by atoms with Crippen molar-refractivity contribution in [1.82, 2.24) is 9.80 Å². The van der Waals surface area contributed by atoms with E-state index in [-0.39, 0.29) is 36.0 Å². The topological polar surface area (TPSA) is 81.2 Å². The number of anilines is 2. The predicted molar refractivity (Wildman–Crippen MR) is 118 cm³/mol. The van der Waals surface area contributed by atoms with Crippen LogP contribution in [0.15, 0.2) is 48.5 Å². The molecular formula is C24H22F2N4O4. The summed E-state index contributed by atoms with van der Waals surface area (Å²) in [7, 11) is 0. The highest BCUT2D eigenvalue weighted by molar-refractivity contribution is 6.23. The van der Waals surface area contributed by atoms with E-state index in [4.69, 9.17) is 0 Å². The van der Waals surface area contributed by atoms with Gasteiger partial charge in [0.1, 0.15) is 11.6 Å². The van der Waals surface area contributed by atoms with E-state index in [1.807, 2.05) is 9.80 Å². The van der Waals surface area contributed by atoms with Crippen molar-refractivity contribution >= 4 is 35.0 Å². The number of imide groups is 2. The van der Waals surface area contributed by atoms with E-state index >= 15 is 0 Å². The largest absolute Gasteiger partial charge is 0.289 e. The van der Waals surface area contributed by atoms with Crippen molar-refractivity contribution in [3.8, 4) is 0 Å². The minimum Gasteiger partial charge on any atom is -0.289 e. The Kier molecular flexibility index (Phi) is 5.70. The molecular weight excluding hydrogens is 446 g/mol. The molecule has 2 unspecified atom stereocenters. The Balaban J connectivity index is 1.24. The van der Waals surface area contributed by atoms with Gasteiger partial charge in [0.15, 0.2) is 0 Å². The predicted octanol–water partition coefficient (Wildman–Crippen LogP) is 1.55. The Morgan fingerprint density at radius 2 is 1.00 bits per heavy atom. The van der Waals surface area contributed by atoms with Crippen molar-refractivity contribution in [2.24, 2.45) is 0 Å². The lowest BCUT2D eigenvalue weighted by Crippen LogP contribution is -2.56. The van der Waals surface area contributed by atoms with Crippen molar-refractivity contribution in [2.45, 2.75) is 24.9 Å². The molecule has 0 spiro atoms. The second-order valence-corrected chi connectivity index (χ2v) is 8.61. The van der Waals surface area contributed by atoms with Gasteiger partial charge in [-0.2, -0.15) is 0 Å². The molecule has 0 saturated carbocycles. The summed E-state index contributed by atoms with van der Waals surface area (Å²) >= 11 is 0. The average Bonchev–Trinajstić information content (AvgIpc) is 3.28. The zero-order valence-electron chi connectivity index (χ0n) is 18.2. The van der Waals surface area contributed by atoms with Crippen molar-refractivity contribution < 1.29 is 28.0 Å². The van der Waals surface area contributed by atoms with Crippen LogP contribution < -0.4 is 9.80 Å². The fraction of sp³-hybridized carbons (Fsp3) is 0.333. The van der Waals surface area contributed by atoms with Crippen molar-refractivity contribution in [3.63, 3.8) is 0 Å². The number of nitrogens with zero attached hydrogens (tertiary/aromatic N) is 4. The lowest BCUT2D eigenvalue weighted by Gasteiger charge is -2.38. The third-order valence-electron chi connectivity index (χ3n) is 6.61. The highest BCUT2D eigenvalue weighted by Gasteiger charge is 2.46. The van der Waals surface area contributed by atoms with E-state index in [1.165, 1.54) is 36.4 Å². The minimum absolute atomic E-state index is 0.00351. The van der Waals surface area contributed by atoms with Crippen LogP contribution in [0.2, 0.25) is 0 Å². The molecule has 0 aromatic heterocycles. The van der Waals surface area contributed by atoms with E-state index in [0.717, 1.165) is 21.9 Å². The van der Waals surface area contributed by atoms with Gasteiger partial charge in [-0.1, -0.05) is 12.1 Å². The molecule has 8 nitrogen and oxygen atoms in total. The Labute approximate surface area is 194 Å². The summed E-state index contributed by atoms with van der Waals surface area (Å²) in [6, 6.07) is 9.44. The van der Waals surface area contributed by atoms with Gasteiger partial charge in [-0.05, 0) is 36.4 Å². The van der Waals surface area contributed by atoms with Crippen LogP contribution in [0.1, 0.15) is 12.8 Å². The minimum atomic E-state index is -0.650. The summed E-state index contributed by atoms with van der Waals surface area (Å²) in [5.74, 6) is -2.62. The third kappa shape index (κ3) is 3.88. The van der Waals surface area contributed by atoms with Gasteiger partial charge in [-0.25, -0.2) is 18.6 Å². The normalized spacial score (nSPS) is 24.5. The first-order valence-electron chi connectivity index (χ1n) is 11.1.